The van der Waals surface area contributed by atoms with Crippen molar-refractivity contribution >= 4 is 41.5 Å². The second kappa shape index (κ2) is 7.67. The van der Waals surface area contributed by atoms with Crippen LogP contribution in [0.1, 0.15) is 31.9 Å². The largest absolute Gasteiger partial charge is 0.427 e. The molecule has 2 aromatic rings. The van der Waals surface area contributed by atoms with Crippen LogP contribution in [0.5, 0.6) is 11.5 Å². The summed E-state index contributed by atoms with van der Waals surface area (Å²) in [6.45, 7) is 3.84. The van der Waals surface area contributed by atoms with Crippen molar-refractivity contribution in [2.24, 2.45) is 0 Å². The van der Waals surface area contributed by atoms with Crippen LogP contribution in [0.3, 0.4) is 0 Å². The van der Waals surface area contributed by atoms with Crippen molar-refractivity contribution in [2.75, 3.05) is 0 Å². The van der Waals surface area contributed by atoms with Crippen molar-refractivity contribution in [3.63, 3.8) is 0 Å². The molecular weight excluding hydrogens is 368 g/mol. The number of hydrogen-bond acceptors (Lipinski definition) is 7. The maximum Gasteiger partial charge on any atom is 0.308 e. The fourth-order valence-electron chi connectivity index (χ4n) is 2.61. The molecule has 0 spiro atoms. The number of hydrogen-bond donors (Lipinski definition) is 0. The molecule has 0 fully saturated rings. The van der Waals surface area contributed by atoms with Gasteiger partial charge in [-0.3, -0.25) is 14.4 Å². The molecule has 0 N–H and O–H groups in total. The van der Waals surface area contributed by atoms with Crippen LogP contribution in [0, 0.1) is 0 Å². The first-order valence-corrected chi connectivity index (χ1v) is 8.87. The molecule has 0 atom stereocenters. The molecule has 138 valence electrons. The third-order valence-electron chi connectivity index (χ3n) is 3.48. The molecule has 0 aliphatic carbocycles. The number of carbonyl (C=O) groups is 3. The molecule has 3 rings (SSSR count). The molecule has 2 aromatic carbocycles. The van der Waals surface area contributed by atoms with E-state index in [0.717, 1.165) is 10.5 Å². The van der Waals surface area contributed by atoms with Gasteiger partial charge in [-0.2, -0.15) is 0 Å². The van der Waals surface area contributed by atoms with Crippen molar-refractivity contribution in [3.05, 3.63) is 47.5 Å². The highest BCUT2D eigenvalue weighted by Gasteiger charge is 2.25. The predicted molar refractivity (Wildman–Crippen MR) is 99.3 cm³/mol. The van der Waals surface area contributed by atoms with Gasteiger partial charge in [-0.1, -0.05) is 30.0 Å². The van der Waals surface area contributed by atoms with Crippen LogP contribution in [0.4, 0.5) is 0 Å². The van der Waals surface area contributed by atoms with Gasteiger partial charge in [0.1, 0.15) is 17.3 Å². The summed E-state index contributed by atoms with van der Waals surface area (Å²) in [7, 11) is 0. The van der Waals surface area contributed by atoms with Crippen LogP contribution in [0.15, 0.2) is 46.2 Å². The molecule has 6 nitrogen and oxygen atoms in total. The molecule has 0 saturated heterocycles. The monoisotopic (exact) mass is 384 g/mol. The first kappa shape index (κ1) is 18.7. The lowest BCUT2D eigenvalue weighted by molar-refractivity contribution is -0.134. The molecule has 7 heteroatoms. The summed E-state index contributed by atoms with van der Waals surface area (Å²) < 4.78 is 15.9. The fraction of sp³-hybridized carbons (Fsp3) is 0.150. The van der Waals surface area contributed by atoms with Crippen LogP contribution in [-0.4, -0.2) is 17.9 Å². The van der Waals surface area contributed by atoms with Gasteiger partial charge in [0.2, 0.25) is 0 Å². The summed E-state index contributed by atoms with van der Waals surface area (Å²) in [5, 5.41) is 0. The number of benzene rings is 2. The Kier molecular flexibility index (Phi) is 5.32. The van der Waals surface area contributed by atoms with Gasteiger partial charge in [0, 0.05) is 36.6 Å². The molecule has 1 heterocycles. The first-order chi connectivity index (χ1) is 12.8. The highest BCUT2D eigenvalue weighted by molar-refractivity contribution is 7.99. The maximum absolute atomic E-state index is 11.6. The van der Waals surface area contributed by atoms with Gasteiger partial charge < -0.3 is 14.2 Å². The van der Waals surface area contributed by atoms with E-state index < -0.39 is 17.9 Å². The Morgan fingerprint density at radius 1 is 0.815 bits per heavy atom. The summed E-state index contributed by atoms with van der Waals surface area (Å²) in [6, 6.07) is 10.6. The zero-order valence-electron chi connectivity index (χ0n) is 14.9. The molecule has 0 amide bonds. The molecule has 0 aromatic heterocycles. The van der Waals surface area contributed by atoms with Crippen LogP contribution in [0.2, 0.25) is 0 Å². The normalized spacial score (nSPS) is 12.0. The van der Waals surface area contributed by atoms with E-state index in [9.17, 15) is 14.4 Å². The smallest absolute Gasteiger partial charge is 0.308 e. The average molecular weight is 384 g/mol. The van der Waals surface area contributed by atoms with Gasteiger partial charge in [0.15, 0.2) is 0 Å². The second-order valence-corrected chi connectivity index (χ2v) is 6.81. The van der Waals surface area contributed by atoms with E-state index in [4.69, 9.17) is 14.2 Å². The highest BCUT2D eigenvalue weighted by Crippen LogP contribution is 2.46. The first-order valence-electron chi connectivity index (χ1n) is 8.05. The minimum Gasteiger partial charge on any atom is -0.427 e. The highest BCUT2D eigenvalue weighted by atomic mass is 32.2. The third-order valence-corrected chi connectivity index (χ3v) is 4.61. The fourth-order valence-corrected chi connectivity index (χ4v) is 3.72. The zero-order chi connectivity index (χ0) is 19.6. The van der Waals surface area contributed by atoms with Crippen molar-refractivity contribution in [1.29, 1.82) is 0 Å². The van der Waals surface area contributed by atoms with E-state index in [1.54, 1.807) is 12.1 Å². The standard InChI is InChI=1S/C20H16O6S/c1-11(21)24-15-9-17(26-13(3)23)20-16(25-12(2)22)8-14-6-4-5-7-18(14)27-19(20)10-15/h4-10H,1-3H3. The third kappa shape index (κ3) is 4.38. The van der Waals surface area contributed by atoms with Crippen LogP contribution in [-0.2, 0) is 19.1 Å². The minimum absolute atomic E-state index is 0.143. The molecule has 0 saturated carbocycles. The quantitative estimate of drug-likeness (QED) is 0.583. The Labute approximate surface area is 160 Å². The summed E-state index contributed by atoms with van der Waals surface area (Å²) in [5.41, 5.74) is 1.29. The Bertz CT molecular complexity index is 976. The van der Waals surface area contributed by atoms with Crippen molar-refractivity contribution in [2.45, 2.75) is 30.6 Å². The Morgan fingerprint density at radius 2 is 1.48 bits per heavy atom. The maximum atomic E-state index is 11.6. The lowest BCUT2D eigenvalue weighted by Gasteiger charge is -2.16. The lowest BCUT2D eigenvalue weighted by Crippen LogP contribution is -2.08. The Hall–Kier alpha value is -3.06. The van der Waals surface area contributed by atoms with Crippen LogP contribution in [0.25, 0.3) is 11.8 Å². The van der Waals surface area contributed by atoms with Crippen LogP contribution >= 0.6 is 11.8 Å². The molecule has 0 unspecified atom stereocenters. The van der Waals surface area contributed by atoms with E-state index in [0.29, 0.717) is 10.5 Å². The summed E-state index contributed by atoms with van der Waals surface area (Å²) in [5.74, 6) is -0.935. The minimum atomic E-state index is -0.550. The molecule has 0 bridgehead atoms. The van der Waals surface area contributed by atoms with E-state index in [-0.39, 0.29) is 17.3 Å². The topological polar surface area (TPSA) is 78.9 Å². The van der Waals surface area contributed by atoms with Crippen LogP contribution < -0.4 is 9.47 Å². The van der Waals surface area contributed by atoms with E-state index in [2.05, 4.69) is 0 Å². The Morgan fingerprint density at radius 3 is 2.15 bits per heavy atom. The predicted octanol–water partition coefficient (Wildman–Crippen LogP) is 4.06. The molecule has 27 heavy (non-hydrogen) atoms. The van der Waals surface area contributed by atoms with Crippen molar-refractivity contribution < 1.29 is 28.6 Å². The van der Waals surface area contributed by atoms with Crippen molar-refractivity contribution in [3.8, 4) is 11.5 Å². The number of ether oxygens (including phenoxy) is 3. The Balaban J connectivity index is 2.25. The molecule has 1 aliphatic rings. The summed E-state index contributed by atoms with van der Waals surface area (Å²) >= 11 is 1.39. The van der Waals surface area contributed by atoms with Gasteiger partial charge in [-0.15, -0.1) is 0 Å². The number of rotatable bonds is 3. The van der Waals surface area contributed by atoms with E-state index in [1.807, 2.05) is 24.3 Å². The average Bonchev–Trinajstić information content (AvgIpc) is 2.69. The van der Waals surface area contributed by atoms with Gasteiger partial charge in [-0.25, -0.2) is 0 Å². The zero-order valence-corrected chi connectivity index (χ0v) is 15.7. The number of fused-ring (bicyclic) bond motifs is 2. The summed E-state index contributed by atoms with van der Waals surface area (Å²) in [4.78, 5) is 36.2. The number of esters is 3. The van der Waals surface area contributed by atoms with Gasteiger partial charge in [-0.05, 0) is 23.8 Å². The van der Waals surface area contributed by atoms with E-state index >= 15 is 0 Å². The van der Waals surface area contributed by atoms with Gasteiger partial charge >= 0.3 is 17.9 Å². The van der Waals surface area contributed by atoms with Gasteiger partial charge in [0.25, 0.3) is 0 Å². The molecular formula is C20H16O6S. The summed E-state index contributed by atoms with van der Waals surface area (Å²) in [6.07, 6.45) is 1.72. The molecule has 1 aliphatic heterocycles. The molecule has 0 radical (unpaired) electrons. The van der Waals surface area contributed by atoms with Crippen molar-refractivity contribution in [1.82, 2.24) is 0 Å². The second-order valence-electron chi connectivity index (χ2n) is 5.72. The van der Waals surface area contributed by atoms with Gasteiger partial charge in [0.05, 0.1) is 5.56 Å². The van der Waals surface area contributed by atoms with E-state index in [1.165, 1.54) is 38.6 Å². The number of carbonyl (C=O) groups excluding carboxylic acids is 3. The SMILES string of the molecule is CC(=O)OC1=Cc2ccccc2Sc2cc(OC(C)=O)cc(OC(C)=O)c21. The lowest BCUT2D eigenvalue weighted by atomic mass is 10.1.